The van der Waals surface area contributed by atoms with Crippen molar-refractivity contribution < 1.29 is 23.1 Å². The largest absolute Gasteiger partial charge is 0.481 e. The molecule has 0 aromatic heterocycles. The average Bonchev–Trinajstić information content (AvgIpc) is 2.78. The van der Waals surface area contributed by atoms with Gasteiger partial charge in [0.25, 0.3) is 5.91 Å². The van der Waals surface area contributed by atoms with Gasteiger partial charge in [0.15, 0.2) is 18.2 Å². The molecule has 7 heteroatoms. The second kappa shape index (κ2) is 10.9. The fraction of sp³-hybridized carbons (Fsp3) is 0.417. The van der Waals surface area contributed by atoms with Crippen molar-refractivity contribution in [2.24, 2.45) is 0 Å². The van der Waals surface area contributed by atoms with Crippen molar-refractivity contribution >= 4 is 11.8 Å². The van der Waals surface area contributed by atoms with Crippen molar-refractivity contribution in [3.63, 3.8) is 0 Å². The molecular weight excluding hydrogens is 402 g/mol. The predicted molar refractivity (Wildman–Crippen MR) is 113 cm³/mol. The van der Waals surface area contributed by atoms with Gasteiger partial charge in [-0.05, 0) is 38.0 Å². The van der Waals surface area contributed by atoms with Crippen LogP contribution in [0.15, 0.2) is 48.5 Å². The van der Waals surface area contributed by atoms with Crippen LogP contribution in [0.4, 0.5) is 8.78 Å². The predicted octanol–water partition coefficient (Wildman–Crippen LogP) is 4.21. The third kappa shape index (κ3) is 6.26. The Hall–Kier alpha value is -2.96. The first-order chi connectivity index (χ1) is 15.0. The van der Waals surface area contributed by atoms with E-state index in [1.165, 1.54) is 29.2 Å². The van der Waals surface area contributed by atoms with Gasteiger partial charge in [0.1, 0.15) is 11.9 Å². The number of nitrogens with one attached hydrogen (secondary N) is 1. The highest BCUT2D eigenvalue weighted by Crippen LogP contribution is 2.19. The van der Waals surface area contributed by atoms with Gasteiger partial charge < -0.3 is 15.0 Å². The highest BCUT2D eigenvalue weighted by molar-refractivity contribution is 5.88. The second-order valence-electron chi connectivity index (χ2n) is 7.85. The molecule has 2 aromatic carbocycles. The lowest BCUT2D eigenvalue weighted by Gasteiger charge is -2.31. The van der Waals surface area contributed by atoms with Crippen molar-refractivity contribution in [1.29, 1.82) is 0 Å². The molecule has 0 saturated heterocycles. The number of halogens is 2. The molecule has 166 valence electrons. The van der Waals surface area contributed by atoms with Crippen molar-refractivity contribution in [2.75, 3.05) is 6.61 Å². The van der Waals surface area contributed by atoms with Gasteiger partial charge in [0.05, 0.1) is 0 Å². The zero-order valence-corrected chi connectivity index (χ0v) is 17.7. The maximum Gasteiger partial charge on any atom is 0.261 e. The minimum atomic E-state index is -0.835. The molecule has 2 aromatic rings. The van der Waals surface area contributed by atoms with Crippen LogP contribution in [-0.4, -0.2) is 35.4 Å². The van der Waals surface area contributed by atoms with E-state index in [1.807, 2.05) is 0 Å². The summed E-state index contributed by atoms with van der Waals surface area (Å²) in [4.78, 5) is 27.1. The molecule has 0 spiro atoms. The minimum absolute atomic E-state index is 0.0546. The zero-order chi connectivity index (χ0) is 22.2. The molecule has 0 bridgehead atoms. The summed E-state index contributed by atoms with van der Waals surface area (Å²) >= 11 is 0. The summed E-state index contributed by atoms with van der Waals surface area (Å²) in [5, 5.41) is 3.01. The van der Waals surface area contributed by atoms with E-state index in [4.69, 9.17) is 4.74 Å². The summed E-state index contributed by atoms with van der Waals surface area (Å²) < 4.78 is 33.4. The van der Waals surface area contributed by atoms with Crippen LogP contribution in [0, 0.1) is 11.6 Å². The molecule has 1 aliphatic carbocycles. The second-order valence-corrected chi connectivity index (χ2v) is 7.85. The van der Waals surface area contributed by atoms with E-state index in [9.17, 15) is 18.4 Å². The monoisotopic (exact) mass is 430 g/mol. The van der Waals surface area contributed by atoms with Crippen LogP contribution in [0.5, 0.6) is 5.75 Å². The highest BCUT2D eigenvalue weighted by atomic mass is 19.1. The molecule has 1 fully saturated rings. The molecule has 0 unspecified atom stereocenters. The summed E-state index contributed by atoms with van der Waals surface area (Å²) in [6.45, 7) is 1.06. The Kier molecular flexibility index (Phi) is 7.98. The van der Waals surface area contributed by atoms with Crippen LogP contribution in [-0.2, 0) is 16.1 Å². The number of hydrogen-bond acceptors (Lipinski definition) is 3. The van der Waals surface area contributed by atoms with Crippen molar-refractivity contribution in [3.8, 4) is 5.75 Å². The molecule has 2 amide bonds. The van der Waals surface area contributed by atoms with Crippen molar-refractivity contribution in [1.82, 2.24) is 10.2 Å². The minimum Gasteiger partial charge on any atom is -0.481 e. The number of para-hydroxylation sites is 1. The van der Waals surface area contributed by atoms with E-state index in [-0.39, 0.29) is 24.2 Å². The number of rotatable bonds is 8. The first-order valence-electron chi connectivity index (χ1n) is 10.7. The standard InChI is InChI=1S/C24H28F2N2O3/c1-17(24(30)27-19-10-3-2-4-11-19)28(15-18-9-5-6-12-20(18)25)23(29)16-31-22-14-8-7-13-21(22)26/h5-9,12-14,17,19H,2-4,10-11,15-16H2,1H3,(H,27,30)/t17-/m1/s1. The van der Waals surface area contributed by atoms with E-state index in [0.717, 1.165) is 32.1 Å². The molecule has 0 heterocycles. The molecule has 3 rings (SSSR count). The molecule has 1 aliphatic rings. The van der Waals surface area contributed by atoms with Crippen LogP contribution in [0.25, 0.3) is 0 Å². The van der Waals surface area contributed by atoms with E-state index >= 15 is 0 Å². The smallest absolute Gasteiger partial charge is 0.261 e. The summed E-state index contributed by atoms with van der Waals surface area (Å²) in [7, 11) is 0. The molecule has 31 heavy (non-hydrogen) atoms. The Morgan fingerprint density at radius 1 is 1.03 bits per heavy atom. The van der Waals surface area contributed by atoms with E-state index in [0.29, 0.717) is 5.56 Å². The van der Waals surface area contributed by atoms with Crippen LogP contribution in [0.1, 0.15) is 44.6 Å². The molecule has 1 atom stereocenters. The summed E-state index contributed by atoms with van der Waals surface area (Å²) in [6.07, 6.45) is 5.11. The summed E-state index contributed by atoms with van der Waals surface area (Å²) in [6, 6.07) is 11.1. The number of nitrogens with zero attached hydrogens (tertiary/aromatic N) is 1. The van der Waals surface area contributed by atoms with Gasteiger partial charge in [0, 0.05) is 18.2 Å². The van der Waals surface area contributed by atoms with E-state index in [1.54, 1.807) is 31.2 Å². The SMILES string of the molecule is C[C@H](C(=O)NC1CCCCC1)N(Cc1ccccc1F)C(=O)COc1ccccc1F. The van der Waals surface area contributed by atoms with Crippen LogP contribution < -0.4 is 10.1 Å². The first kappa shape index (κ1) is 22.7. The third-order valence-corrected chi connectivity index (χ3v) is 5.61. The maximum absolute atomic E-state index is 14.2. The molecule has 5 nitrogen and oxygen atoms in total. The van der Waals surface area contributed by atoms with Crippen LogP contribution >= 0.6 is 0 Å². The highest BCUT2D eigenvalue weighted by Gasteiger charge is 2.29. The van der Waals surface area contributed by atoms with Gasteiger partial charge in [-0.25, -0.2) is 8.78 Å². The van der Waals surface area contributed by atoms with Crippen molar-refractivity contribution in [3.05, 3.63) is 65.7 Å². The van der Waals surface area contributed by atoms with Crippen molar-refractivity contribution in [2.45, 2.75) is 57.7 Å². The summed E-state index contributed by atoms with van der Waals surface area (Å²) in [5.74, 6) is -1.92. The average molecular weight is 430 g/mol. The Balaban J connectivity index is 1.72. The fourth-order valence-corrected chi connectivity index (χ4v) is 3.75. The van der Waals surface area contributed by atoms with Gasteiger partial charge in [-0.15, -0.1) is 0 Å². The van der Waals surface area contributed by atoms with Gasteiger partial charge in [0.2, 0.25) is 5.91 Å². The Labute approximate surface area is 181 Å². The number of ether oxygens (including phenoxy) is 1. The lowest BCUT2D eigenvalue weighted by molar-refractivity contribution is -0.142. The maximum atomic E-state index is 14.2. The Morgan fingerprint density at radius 2 is 1.68 bits per heavy atom. The van der Waals surface area contributed by atoms with E-state index < -0.39 is 30.2 Å². The topological polar surface area (TPSA) is 58.6 Å². The van der Waals surface area contributed by atoms with Gasteiger partial charge in [-0.3, -0.25) is 9.59 Å². The molecule has 0 radical (unpaired) electrons. The number of benzene rings is 2. The lowest BCUT2D eigenvalue weighted by atomic mass is 9.95. The normalized spacial score (nSPS) is 15.2. The number of carbonyl (C=O) groups excluding carboxylic acids is 2. The van der Waals surface area contributed by atoms with Gasteiger partial charge in [-0.1, -0.05) is 49.6 Å². The number of hydrogen-bond donors (Lipinski definition) is 1. The Morgan fingerprint density at radius 3 is 2.35 bits per heavy atom. The first-order valence-corrected chi connectivity index (χ1v) is 10.7. The van der Waals surface area contributed by atoms with Gasteiger partial charge >= 0.3 is 0 Å². The number of carbonyl (C=O) groups is 2. The molecular formula is C24H28F2N2O3. The lowest BCUT2D eigenvalue weighted by Crippen LogP contribution is -2.51. The Bertz CT molecular complexity index is 900. The van der Waals surface area contributed by atoms with E-state index in [2.05, 4.69) is 5.32 Å². The van der Waals surface area contributed by atoms with Crippen LogP contribution in [0.3, 0.4) is 0 Å². The number of amides is 2. The molecule has 1 N–H and O–H groups in total. The van der Waals surface area contributed by atoms with Crippen LogP contribution in [0.2, 0.25) is 0 Å². The molecule has 1 saturated carbocycles. The zero-order valence-electron chi connectivity index (χ0n) is 17.7. The quantitative estimate of drug-likeness (QED) is 0.683. The fourth-order valence-electron chi connectivity index (χ4n) is 3.75. The summed E-state index contributed by atoms with van der Waals surface area (Å²) in [5.41, 5.74) is 0.291. The molecule has 0 aliphatic heterocycles. The van der Waals surface area contributed by atoms with Gasteiger partial charge in [-0.2, -0.15) is 0 Å². The third-order valence-electron chi connectivity index (χ3n) is 5.61.